The van der Waals surface area contributed by atoms with Gasteiger partial charge in [0.05, 0.1) is 29.6 Å². The maximum absolute atomic E-state index is 12.5. The number of benzene rings is 2. The molecule has 0 aromatic heterocycles. The average molecular weight is 411 g/mol. The van der Waals surface area contributed by atoms with E-state index in [0.29, 0.717) is 16.8 Å². The average Bonchev–Trinajstić information content (AvgIpc) is 2.60. The Bertz CT molecular complexity index is 975. The summed E-state index contributed by atoms with van der Waals surface area (Å²) in [6, 6.07) is 11.1. The first-order valence-electron chi connectivity index (χ1n) is 7.85. The van der Waals surface area contributed by atoms with E-state index in [2.05, 4.69) is 5.32 Å². The van der Waals surface area contributed by atoms with Crippen LogP contribution in [0.5, 0.6) is 0 Å². The smallest absolute Gasteiger partial charge is 0.338 e. The summed E-state index contributed by atoms with van der Waals surface area (Å²) in [7, 11) is -2.49. The van der Waals surface area contributed by atoms with E-state index >= 15 is 0 Å². The number of methoxy groups -OCH3 is 1. The van der Waals surface area contributed by atoms with Gasteiger partial charge in [-0.1, -0.05) is 29.8 Å². The van der Waals surface area contributed by atoms with Crippen molar-refractivity contribution in [1.29, 1.82) is 0 Å². The van der Waals surface area contributed by atoms with Gasteiger partial charge in [-0.25, -0.2) is 13.2 Å². The lowest BCUT2D eigenvalue weighted by atomic mass is 10.1. The van der Waals surface area contributed by atoms with Gasteiger partial charge in [0.15, 0.2) is 0 Å². The minimum atomic E-state index is -3.75. The second kappa shape index (κ2) is 8.41. The number of para-hydroxylation sites is 1. The van der Waals surface area contributed by atoms with Crippen LogP contribution in [0, 0.1) is 6.92 Å². The normalized spacial score (nSPS) is 11.0. The molecule has 9 heteroatoms. The van der Waals surface area contributed by atoms with Crippen molar-refractivity contribution in [1.82, 2.24) is 0 Å². The van der Waals surface area contributed by atoms with Crippen LogP contribution in [-0.4, -0.2) is 40.2 Å². The van der Waals surface area contributed by atoms with E-state index in [1.807, 2.05) is 0 Å². The van der Waals surface area contributed by atoms with Crippen molar-refractivity contribution in [3.63, 3.8) is 0 Å². The molecule has 1 amide bonds. The zero-order valence-electron chi connectivity index (χ0n) is 15.0. The number of hydrogen-bond acceptors (Lipinski definition) is 5. The number of rotatable bonds is 6. The Morgan fingerprint density at radius 3 is 2.41 bits per heavy atom. The van der Waals surface area contributed by atoms with Gasteiger partial charge in [-0.2, -0.15) is 0 Å². The van der Waals surface area contributed by atoms with Crippen molar-refractivity contribution in [3.05, 3.63) is 58.6 Å². The summed E-state index contributed by atoms with van der Waals surface area (Å²) in [5.41, 5.74) is 1.41. The Morgan fingerprint density at radius 2 is 1.81 bits per heavy atom. The van der Waals surface area contributed by atoms with E-state index in [1.54, 1.807) is 37.3 Å². The lowest BCUT2D eigenvalue weighted by molar-refractivity contribution is -0.114. The SMILES string of the molecule is COC(=O)c1cccc(NC(=O)CN(c2ccccc2Cl)S(C)(=O)=O)c1C. The number of halogens is 1. The molecule has 0 atom stereocenters. The molecule has 0 bridgehead atoms. The molecule has 0 radical (unpaired) electrons. The third kappa shape index (κ3) is 4.99. The summed E-state index contributed by atoms with van der Waals surface area (Å²) in [6.45, 7) is 1.19. The highest BCUT2D eigenvalue weighted by molar-refractivity contribution is 7.92. The van der Waals surface area contributed by atoms with Crippen molar-refractivity contribution in [2.75, 3.05) is 29.5 Å². The molecule has 2 aromatic carbocycles. The molecule has 0 spiro atoms. The van der Waals surface area contributed by atoms with Crippen LogP contribution in [0.25, 0.3) is 0 Å². The summed E-state index contributed by atoms with van der Waals surface area (Å²) >= 11 is 6.08. The van der Waals surface area contributed by atoms with Crippen LogP contribution in [0.1, 0.15) is 15.9 Å². The molecule has 2 aromatic rings. The van der Waals surface area contributed by atoms with Crippen molar-refractivity contribution in [2.45, 2.75) is 6.92 Å². The number of esters is 1. The van der Waals surface area contributed by atoms with Crippen molar-refractivity contribution < 1.29 is 22.7 Å². The predicted molar refractivity (Wildman–Crippen MR) is 105 cm³/mol. The number of hydrogen-bond donors (Lipinski definition) is 1. The Balaban J connectivity index is 2.28. The maximum Gasteiger partial charge on any atom is 0.338 e. The fourth-order valence-corrected chi connectivity index (χ4v) is 3.61. The van der Waals surface area contributed by atoms with Gasteiger partial charge >= 0.3 is 5.97 Å². The van der Waals surface area contributed by atoms with E-state index in [0.717, 1.165) is 10.6 Å². The van der Waals surface area contributed by atoms with E-state index in [1.165, 1.54) is 19.2 Å². The summed E-state index contributed by atoms with van der Waals surface area (Å²) in [4.78, 5) is 24.2. The third-order valence-corrected chi connectivity index (χ3v) is 5.27. The first-order valence-corrected chi connectivity index (χ1v) is 10.1. The van der Waals surface area contributed by atoms with Gasteiger partial charge in [0, 0.05) is 5.69 Å². The molecule has 1 N–H and O–H groups in total. The number of anilines is 2. The van der Waals surface area contributed by atoms with Crippen molar-refractivity contribution in [2.24, 2.45) is 0 Å². The zero-order valence-corrected chi connectivity index (χ0v) is 16.6. The van der Waals surface area contributed by atoms with Gasteiger partial charge < -0.3 is 10.1 Å². The lowest BCUT2D eigenvalue weighted by Gasteiger charge is -2.23. The third-order valence-electron chi connectivity index (χ3n) is 3.82. The van der Waals surface area contributed by atoms with Gasteiger partial charge in [-0.15, -0.1) is 0 Å². The molecule has 2 rings (SSSR count). The van der Waals surface area contributed by atoms with Crippen LogP contribution in [0.2, 0.25) is 5.02 Å². The molecule has 0 saturated heterocycles. The number of ether oxygens (including phenoxy) is 1. The molecule has 7 nitrogen and oxygen atoms in total. The number of nitrogens with zero attached hydrogens (tertiary/aromatic N) is 1. The maximum atomic E-state index is 12.5. The van der Waals surface area contributed by atoms with Gasteiger partial charge in [0.1, 0.15) is 6.54 Å². The van der Waals surface area contributed by atoms with Gasteiger partial charge in [0.25, 0.3) is 0 Å². The predicted octanol–water partition coefficient (Wildman–Crippen LogP) is 2.84. The molecule has 0 unspecified atom stereocenters. The molecule has 0 aliphatic carbocycles. The van der Waals surface area contributed by atoms with Crippen LogP contribution in [0.3, 0.4) is 0 Å². The highest BCUT2D eigenvalue weighted by Gasteiger charge is 2.23. The monoisotopic (exact) mass is 410 g/mol. The first-order chi connectivity index (χ1) is 12.6. The van der Waals surface area contributed by atoms with Crippen LogP contribution in [0.4, 0.5) is 11.4 Å². The molecule has 27 heavy (non-hydrogen) atoms. The number of carbonyl (C=O) groups excluding carboxylic acids is 2. The molecular formula is C18H19ClN2O5S. The highest BCUT2D eigenvalue weighted by atomic mass is 35.5. The zero-order chi connectivity index (χ0) is 20.2. The molecule has 0 aliphatic rings. The summed E-state index contributed by atoms with van der Waals surface area (Å²) in [6.07, 6.45) is 0.993. The number of nitrogens with one attached hydrogen (secondary N) is 1. The largest absolute Gasteiger partial charge is 0.465 e. The van der Waals surface area contributed by atoms with Crippen molar-refractivity contribution >= 4 is 44.9 Å². The Kier molecular flexibility index (Phi) is 6.45. The van der Waals surface area contributed by atoms with Gasteiger partial charge in [-0.3, -0.25) is 9.10 Å². The lowest BCUT2D eigenvalue weighted by Crippen LogP contribution is -2.37. The highest BCUT2D eigenvalue weighted by Crippen LogP contribution is 2.27. The minimum Gasteiger partial charge on any atom is -0.465 e. The van der Waals surface area contributed by atoms with E-state index in [-0.39, 0.29) is 10.7 Å². The molecule has 0 saturated carbocycles. The molecule has 144 valence electrons. The van der Waals surface area contributed by atoms with E-state index < -0.39 is 28.4 Å². The van der Waals surface area contributed by atoms with E-state index in [4.69, 9.17) is 16.3 Å². The van der Waals surface area contributed by atoms with E-state index in [9.17, 15) is 18.0 Å². The first kappa shape index (κ1) is 20.7. The quantitative estimate of drug-likeness (QED) is 0.739. The summed E-state index contributed by atoms with van der Waals surface area (Å²) in [5.74, 6) is -1.11. The second-order valence-corrected chi connectivity index (χ2v) is 8.05. The second-order valence-electron chi connectivity index (χ2n) is 5.74. The number of carbonyl (C=O) groups is 2. The molecule has 0 fully saturated rings. The van der Waals surface area contributed by atoms with Crippen LogP contribution < -0.4 is 9.62 Å². The fourth-order valence-electron chi connectivity index (χ4n) is 2.46. The van der Waals surface area contributed by atoms with Crippen LogP contribution in [0.15, 0.2) is 42.5 Å². The van der Waals surface area contributed by atoms with Gasteiger partial charge in [0.2, 0.25) is 15.9 Å². The topological polar surface area (TPSA) is 92.8 Å². The number of amides is 1. The Labute approximate surface area is 162 Å². The van der Waals surface area contributed by atoms with Gasteiger partial charge in [-0.05, 0) is 36.8 Å². The molecular weight excluding hydrogens is 392 g/mol. The Morgan fingerprint density at radius 1 is 1.15 bits per heavy atom. The summed E-state index contributed by atoms with van der Waals surface area (Å²) in [5, 5.41) is 2.83. The Hall–Kier alpha value is -2.58. The standard InChI is InChI=1S/C18H19ClN2O5S/c1-12-13(18(23)26-2)7-6-9-15(12)20-17(22)11-21(27(3,24)25)16-10-5-4-8-14(16)19/h4-10H,11H2,1-3H3,(H,20,22). The van der Waals surface area contributed by atoms with Crippen molar-refractivity contribution in [3.8, 4) is 0 Å². The number of sulfonamides is 1. The summed E-state index contributed by atoms with van der Waals surface area (Å²) < 4.78 is 29.9. The fraction of sp³-hybridized carbons (Fsp3) is 0.222. The minimum absolute atomic E-state index is 0.205. The molecule has 0 aliphatic heterocycles. The molecule has 0 heterocycles. The van der Waals surface area contributed by atoms with Crippen LogP contribution in [-0.2, 0) is 19.6 Å². The van der Waals surface area contributed by atoms with Crippen LogP contribution >= 0.6 is 11.6 Å².